The Morgan fingerprint density at radius 3 is 2.46 bits per heavy atom. The van der Waals surface area contributed by atoms with E-state index in [1.54, 1.807) is 26.8 Å². The molecule has 1 aliphatic carbocycles. The third kappa shape index (κ3) is 4.98. The van der Waals surface area contributed by atoms with Crippen molar-refractivity contribution in [1.82, 2.24) is 4.57 Å². The van der Waals surface area contributed by atoms with Gasteiger partial charge in [0.2, 0.25) is 0 Å². The van der Waals surface area contributed by atoms with E-state index in [4.69, 9.17) is 4.74 Å². The van der Waals surface area contributed by atoms with Crippen molar-refractivity contribution < 1.29 is 24.1 Å². The lowest BCUT2D eigenvalue weighted by Crippen LogP contribution is -2.31. The number of halogens is 1. The third-order valence-corrected chi connectivity index (χ3v) is 7.23. The Balaban J connectivity index is 1.73. The normalized spacial score (nSPS) is 17.5. The molecule has 1 aliphatic rings. The highest BCUT2D eigenvalue weighted by molar-refractivity contribution is 5.94. The Kier molecular flexibility index (Phi) is 6.54. The zero-order chi connectivity index (χ0) is 26.3. The van der Waals surface area contributed by atoms with Crippen LogP contribution in [-0.2, 0) is 17.8 Å². The van der Waals surface area contributed by atoms with Crippen molar-refractivity contribution in [3.63, 3.8) is 0 Å². The summed E-state index contributed by atoms with van der Waals surface area (Å²) in [6, 6.07) is 20.8. The van der Waals surface area contributed by atoms with E-state index in [1.165, 1.54) is 6.07 Å². The lowest BCUT2D eigenvalue weighted by atomic mass is 9.70. The minimum absolute atomic E-state index is 0.0187. The van der Waals surface area contributed by atoms with Gasteiger partial charge in [-0.25, -0.2) is 4.39 Å². The van der Waals surface area contributed by atoms with Crippen LogP contribution < -0.4 is 4.74 Å². The molecule has 1 fully saturated rings. The van der Waals surface area contributed by atoms with E-state index < -0.39 is 11.6 Å². The number of fused-ring (bicyclic) bond motifs is 1. The Morgan fingerprint density at radius 2 is 1.81 bits per heavy atom. The zero-order valence-electron chi connectivity index (χ0n) is 21.4. The number of rotatable bonds is 8. The second-order valence-corrected chi connectivity index (χ2v) is 10.7. The Morgan fingerprint density at radius 1 is 1.08 bits per heavy atom. The summed E-state index contributed by atoms with van der Waals surface area (Å²) in [5.74, 6) is -0.711. The molecule has 0 aliphatic heterocycles. The summed E-state index contributed by atoms with van der Waals surface area (Å²) < 4.78 is 22.7. The van der Waals surface area contributed by atoms with Crippen molar-refractivity contribution in [3.05, 3.63) is 94.9 Å². The molecule has 5 nitrogen and oxygen atoms in total. The van der Waals surface area contributed by atoms with E-state index in [1.807, 2.05) is 54.6 Å². The number of aliphatic carboxylic acids is 1. The van der Waals surface area contributed by atoms with Crippen LogP contribution in [0.4, 0.5) is 4.39 Å². The maximum atomic E-state index is 14.2. The first-order valence-electron chi connectivity index (χ1n) is 12.7. The van der Waals surface area contributed by atoms with Crippen LogP contribution in [-0.4, -0.2) is 26.4 Å². The number of hydrogen-bond acceptors (Lipinski definition) is 3. The van der Waals surface area contributed by atoms with E-state index in [-0.39, 0.29) is 17.7 Å². The molecule has 0 saturated heterocycles. The van der Waals surface area contributed by atoms with Crippen LogP contribution in [0.3, 0.4) is 0 Å². The number of nitrogens with zero attached hydrogens (tertiary/aromatic N) is 1. The zero-order valence-corrected chi connectivity index (χ0v) is 21.4. The summed E-state index contributed by atoms with van der Waals surface area (Å²) in [7, 11) is 0. The first-order chi connectivity index (χ1) is 17.6. The Bertz CT molecular complexity index is 1450. The van der Waals surface area contributed by atoms with E-state index in [2.05, 4.69) is 4.57 Å². The number of carboxylic acids is 1. The topological polar surface area (TPSA) is 71.7 Å². The summed E-state index contributed by atoms with van der Waals surface area (Å²) >= 11 is 0. The summed E-state index contributed by atoms with van der Waals surface area (Å²) in [5, 5.41) is 21.4. The van der Waals surface area contributed by atoms with Crippen LogP contribution in [0.5, 0.6) is 5.75 Å². The van der Waals surface area contributed by atoms with Crippen LogP contribution in [0.2, 0.25) is 0 Å². The van der Waals surface area contributed by atoms with Gasteiger partial charge >= 0.3 is 5.97 Å². The lowest BCUT2D eigenvalue weighted by Gasteiger charge is -2.34. The average molecular weight is 502 g/mol. The van der Waals surface area contributed by atoms with Crippen LogP contribution >= 0.6 is 0 Å². The molecule has 1 aromatic heterocycles. The van der Waals surface area contributed by atoms with Gasteiger partial charge in [0.25, 0.3) is 0 Å². The summed E-state index contributed by atoms with van der Waals surface area (Å²) in [6.45, 7) is 5.66. The average Bonchev–Trinajstić information content (AvgIpc) is 3.11. The standard InChI is InChI=1S/C31H32FNO4/c1-19-14-23(12-13-24(19)32)33-25-10-7-11-27(37-18-20-8-5-4-6-9-20)29(25)28(26(33)17-31(2,3)36)21-15-22(16-21)30(34)35/h4-14,21-22,36H,15-18H2,1-3H3,(H,34,35). The molecule has 0 atom stereocenters. The maximum absolute atomic E-state index is 14.2. The van der Waals surface area contributed by atoms with Crippen LogP contribution in [0, 0.1) is 18.7 Å². The lowest BCUT2D eigenvalue weighted by molar-refractivity contribution is -0.145. The molecule has 2 N–H and O–H groups in total. The molecule has 0 bridgehead atoms. The number of ether oxygens (including phenoxy) is 1. The van der Waals surface area contributed by atoms with Crippen LogP contribution in [0.1, 0.15) is 55.0 Å². The van der Waals surface area contributed by atoms with Crippen molar-refractivity contribution in [2.45, 2.75) is 58.2 Å². The van der Waals surface area contributed by atoms with Crippen molar-refractivity contribution in [1.29, 1.82) is 0 Å². The first-order valence-corrected chi connectivity index (χ1v) is 12.7. The van der Waals surface area contributed by atoms with Gasteiger partial charge in [-0.3, -0.25) is 4.79 Å². The van der Waals surface area contributed by atoms with Gasteiger partial charge < -0.3 is 19.5 Å². The molecule has 0 radical (unpaired) electrons. The van der Waals surface area contributed by atoms with E-state index >= 15 is 0 Å². The molecule has 0 spiro atoms. The van der Waals surface area contributed by atoms with Gasteiger partial charge in [0.15, 0.2) is 0 Å². The molecule has 37 heavy (non-hydrogen) atoms. The number of benzene rings is 3. The quantitative estimate of drug-likeness (QED) is 0.287. The summed E-state index contributed by atoms with van der Waals surface area (Å²) in [6.07, 6.45) is 1.41. The van der Waals surface area contributed by atoms with Crippen molar-refractivity contribution in [2.75, 3.05) is 0 Å². The predicted octanol–water partition coefficient (Wildman–Crippen LogP) is 6.55. The van der Waals surface area contributed by atoms with E-state index in [0.29, 0.717) is 37.2 Å². The fraction of sp³-hybridized carbons (Fsp3) is 0.323. The highest BCUT2D eigenvalue weighted by Gasteiger charge is 2.40. The number of hydrogen-bond donors (Lipinski definition) is 2. The number of carboxylic acid groups (broad SMARTS) is 1. The third-order valence-electron chi connectivity index (χ3n) is 7.23. The molecule has 6 heteroatoms. The smallest absolute Gasteiger partial charge is 0.306 e. The van der Waals surface area contributed by atoms with E-state index in [9.17, 15) is 19.4 Å². The summed E-state index contributed by atoms with van der Waals surface area (Å²) in [5.41, 5.74) is 4.16. The molecule has 1 saturated carbocycles. The molecule has 4 aromatic rings. The fourth-order valence-corrected chi connectivity index (χ4v) is 5.38. The molecule has 5 rings (SSSR count). The highest BCUT2D eigenvalue weighted by atomic mass is 19.1. The summed E-state index contributed by atoms with van der Waals surface area (Å²) in [4.78, 5) is 11.7. The minimum atomic E-state index is -1.02. The SMILES string of the molecule is Cc1cc(-n2c(CC(C)(C)O)c(C3CC(C(=O)O)C3)c3c(OCc4ccccc4)cccc32)ccc1F. The minimum Gasteiger partial charge on any atom is -0.488 e. The van der Waals surface area contributed by atoms with E-state index in [0.717, 1.165) is 33.4 Å². The Hall–Kier alpha value is -3.64. The van der Waals surface area contributed by atoms with Gasteiger partial charge in [-0.05, 0) is 86.6 Å². The number of aliphatic hydroxyl groups is 1. The molecule has 0 unspecified atom stereocenters. The van der Waals surface area contributed by atoms with Gasteiger partial charge in [0.1, 0.15) is 18.2 Å². The predicted molar refractivity (Wildman–Crippen MR) is 142 cm³/mol. The van der Waals surface area contributed by atoms with Gasteiger partial charge in [-0.1, -0.05) is 36.4 Å². The van der Waals surface area contributed by atoms with Gasteiger partial charge in [0, 0.05) is 23.2 Å². The van der Waals surface area contributed by atoms with Crippen LogP contribution in [0.15, 0.2) is 66.7 Å². The van der Waals surface area contributed by atoms with Gasteiger partial charge in [-0.2, -0.15) is 0 Å². The van der Waals surface area contributed by atoms with Crippen molar-refractivity contribution in [2.24, 2.45) is 5.92 Å². The Labute approximate surface area is 216 Å². The second-order valence-electron chi connectivity index (χ2n) is 10.7. The molecule has 0 amide bonds. The molecular formula is C31H32FNO4. The fourth-order valence-electron chi connectivity index (χ4n) is 5.38. The van der Waals surface area contributed by atoms with Gasteiger partial charge in [-0.15, -0.1) is 0 Å². The highest BCUT2D eigenvalue weighted by Crippen LogP contribution is 2.50. The first kappa shape index (κ1) is 25.0. The monoisotopic (exact) mass is 501 g/mol. The number of aromatic nitrogens is 1. The van der Waals surface area contributed by atoms with Crippen molar-refractivity contribution >= 4 is 16.9 Å². The molecule has 192 valence electrons. The molecular weight excluding hydrogens is 469 g/mol. The molecule has 1 heterocycles. The van der Waals surface area contributed by atoms with Crippen LogP contribution in [0.25, 0.3) is 16.6 Å². The second kappa shape index (κ2) is 9.67. The van der Waals surface area contributed by atoms with Crippen molar-refractivity contribution in [3.8, 4) is 11.4 Å². The number of carbonyl (C=O) groups is 1. The largest absolute Gasteiger partial charge is 0.488 e. The number of aryl methyl sites for hydroxylation is 1. The molecule has 3 aromatic carbocycles. The maximum Gasteiger partial charge on any atom is 0.306 e. The van der Waals surface area contributed by atoms with Gasteiger partial charge in [0.05, 0.1) is 17.0 Å².